The van der Waals surface area contributed by atoms with E-state index in [1.54, 1.807) is 41.9 Å². The van der Waals surface area contributed by atoms with Crippen molar-refractivity contribution in [2.45, 2.75) is 19.4 Å². The maximum Gasteiger partial charge on any atom is 0.263 e. The molecule has 2 heterocycles. The predicted octanol–water partition coefficient (Wildman–Crippen LogP) is 3.11. The standard InChI is InChI=1S/C23H22N4O4S/c1-16-12-22(27(26-16)20-10-11-32(29,30)15-20)25-23(28)14-31-21-8-6-19(7-9-21)18-4-2-17(13-24)3-5-18/h2-9,12,20H,10-11,14-15H2,1H3,(H,25,28). The second-order valence-corrected chi connectivity index (χ2v) is 9.95. The van der Waals surface area contributed by atoms with Gasteiger partial charge < -0.3 is 10.1 Å². The second kappa shape index (κ2) is 8.85. The summed E-state index contributed by atoms with van der Waals surface area (Å²) in [6, 6.07) is 18.1. The van der Waals surface area contributed by atoms with Crippen molar-refractivity contribution in [2.24, 2.45) is 0 Å². The topological polar surface area (TPSA) is 114 Å². The minimum Gasteiger partial charge on any atom is -0.484 e. The SMILES string of the molecule is Cc1cc(NC(=O)COc2ccc(-c3ccc(C#N)cc3)cc2)n(C2CCS(=O)(=O)C2)n1. The number of ether oxygens (including phenoxy) is 1. The third-order valence-electron chi connectivity index (χ3n) is 5.25. The third kappa shape index (κ3) is 4.98. The van der Waals surface area contributed by atoms with Gasteiger partial charge in [0.15, 0.2) is 16.4 Å². The Balaban J connectivity index is 1.36. The van der Waals surface area contributed by atoms with Crippen LogP contribution in [-0.2, 0) is 14.6 Å². The zero-order valence-corrected chi connectivity index (χ0v) is 18.3. The summed E-state index contributed by atoms with van der Waals surface area (Å²) in [6.07, 6.45) is 0.481. The molecule has 3 aromatic rings. The molecule has 32 heavy (non-hydrogen) atoms. The van der Waals surface area contributed by atoms with Gasteiger partial charge in [-0.2, -0.15) is 10.4 Å². The van der Waals surface area contributed by atoms with E-state index in [-0.39, 0.29) is 30.1 Å². The number of benzene rings is 2. The lowest BCUT2D eigenvalue weighted by Crippen LogP contribution is -2.23. The van der Waals surface area contributed by atoms with Crippen LogP contribution >= 0.6 is 0 Å². The number of rotatable bonds is 6. The summed E-state index contributed by atoms with van der Waals surface area (Å²) >= 11 is 0. The van der Waals surface area contributed by atoms with Crippen LogP contribution in [0.2, 0.25) is 0 Å². The van der Waals surface area contributed by atoms with Crippen LogP contribution in [0.1, 0.15) is 23.7 Å². The smallest absolute Gasteiger partial charge is 0.263 e. The highest BCUT2D eigenvalue weighted by atomic mass is 32.2. The minimum absolute atomic E-state index is 0.0269. The molecule has 0 bridgehead atoms. The summed E-state index contributed by atoms with van der Waals surface area (Å²) in [6.45, 7) is 1.60. The van der Waals surface area contributed by atoms with E-state index >= 15 is 0 Å². The highest BCUT2D eigenvalue weighted by Gasteiger charge is 2.31. The summed E-state index contributed by atoms with van der Waals surface area (Å²) < 4.78 is 30.8. The Morgan fingerprint density at radius 2 is 1.84 bits per heavy atom. The third-order valence-corrected chi connectivity index (χ3v) is 7.00. The van der Waals surface area contributed by atoms with Gasteiger partial charge in [0.2, 0.25) is 0 Å². The molecule has 9 heteroatoms. The van der Waals surface area contributed by atoms with Crippen molar-refractivity contribution in [1.82, 2.24) is 9.78 Å². The number of nitrogens with zero attached hydrogens (tertiary/aromatic N) is 3. The Kier molecular flexibility index (Phi) is 5.97. The lowest BCUT2D eigenvalue weighted by Gasteiger charge is -2.14. The van der Waals surface area contributed by atoms with Crippen LogP contribution in [0.15, 0.2) is 54.6 Å². The number of carbonyl (C=O) groups excluding carboxylic acids is 1. The first kappa shape index (κ1) is 21.6. The van der Waals surface area contributed by atoms with E-state index in [0.29, 0.717) is 29.2 Å². The molecule has 1 fully saturated rings. The first-order valence-electron chi connectivity index (χ1n) is 10.1. The van der Waals surface area contributed by atoms with Crippen LogP contribution in [-0.4, -0.2) is 42.2 Å². The zero-order valence-electron chi connectivity index (χ0n) is 17.5. The molecule has 0 spiro atoms. The van der Waals surface area contributed by atoms with Crippen molar-refractivity contribution in [1.29, 1.82) is 5.26 Å². The molecule has 0 radical (unpaired) electrons. The molecule has 1 amide bonds. The fraction of sp³-hybridized carbons (Fsp3) is 0.261. The van der Waals surface area contributed by atoms with Gasteiger partial charge in [-0.3, -0.25) is 4.79 Å². The van der Waals surface area contributed by atoms with E-state index in [2.05, 4.69) is 16.5 Å². The molecule has 1 atom stereocenters. The largest absolute Gasteiger partial charge is 0.484 e. The van der Waals surface area contributed by atoms with Crippen LogP contribution in [0.3, 0.4) is 0 Å². The van der Waals surface area contributed by atoms with Gasteiger partial charge in [-0.05, 0) is 48.7 Å². The number of nitriles is 1. The number of aromatic nitrogens is 2. The van der Waals surface area contributed by atoms with E-state index in [9.17, 15) is 13.2 Å². The lowest BCUT2D eigenvalue weighted by atomic mass is 10.0. The van der Waals surface area contributed by atoms with Gasteiger partial charge in [-0.15, -0.1) is 0 Å². The van der Waals surface area contributed by atoms with Crippen molar-refractivity contribution in [3.8, 4) is 22.9 Å². The molecule has 1 saturated heterocycles. The van der Waals surface area contributed by atoms with Gasteiger partial charge in [0.1, 0.15) is 11.6 Å². The average molecular weight is 451 g/mol. The van der Waals surface area contributed by atoms with Crippen LogP contribution < -0.4 is 10.1 Å². The Labute approximate surface area is 186 Å². The number of sulfone groups is 1. The number of anilines is 1. The van der Waals surface area contributed by atoms with E-state index in [4.69, 9.17) is 10.00 Å². The number of hydrogen-bond donors (Lipinski definition) is 1. The number of carbonyl (C=O) groups is 1. The Morgan fingerprint density at radius 1 is 1.19 bits per heavy atom. The van der Waals surface area contributed by atoms with Gasteiger partial charge in [0.25, 0.3) is 5.91 Å². The summed E-state index contributed by atoms with van der Waals surface area (Å²) in [5.74, 6) is 0.812. The van der Waals surface area contributed by atoms with E-state index in [1.807, 2.05) is 24.3 Å². The lowest BCUT2D eigenvalue weighted by molar-refractivity contribution is -0.118. The van der Waals surface area contributed by atoms with Gasteiger partial charge in [0, 0.05) is 6.07 Å². The van der Waals surface area contributed by atoms with Crippen molar-refractivity contribution in [3.63, 3.8) is 0 Å². The monoisotopic (exact) mass is 450 g/mol. The number of nitrogens with one attached hydrogen (secondary N) is 1. The maximum atomic E-state index is 12.4. The molecule has 0 aliphatic carbocycles. The normalized spacial score (nSPS) is 16.9. The molecule has 8 nitrogen and oxygen atoms in total. The van der Waals surface area contributed by atoms with E-state index in [0.717, 1.165) is 11.1 Å². The van der Waals surface area contributed by atoms with Crippen LogP contribution in [0.5, 0.6) is 5.75 Å². The molecule has 2 aromatic carbocycles. The summed E-state index contributed by atoms with van der Waals surface area (Å²) in [4.78, 5) is 12.4. The fourth-order valence-corrected chi connectivity index (χ4v) is 5.36. The maximum absolute atomic E-state index is 12.4. The van der Waals surface area contributed by atoms with Crippen molar-refractivity contribution in [3.05, 3.63) is 65.9 Å². The van der Waals surface area contributed by atoms with Crippen LogP contribution in [0, 0.1) is 18.3 Å². The van der Waals surface area contributed by atoms with E-state index in [1.165, 1.54) is 0 Å². The highest BCUT2D eigenvalue weighted by Crippen LogP contribution is 2.27. The molecule has 0 saturated carbocycles. The predicted molar refractivity (Wildman–Crippen MR) is 120 cm³/mol. The Hall–Kier alpha value is -3.64. The molecular formula is C23H22N4O4S. The molecule has 1 N–H and O–H groups in total. The number of aryl methyl sites for hydroxylation is 1. The van der Waals surface area contributed by atoms with Crippen molar-refractivity contribution >= 4 is 21.6 Å². The van der Waals surface area contributed by atoms with Gasteiger partial charge in [-0.1, -0.05) is 24.3 Å². The van der Waals surface area contributed by atoms with Crippen LogP contribution in [0.4, 0.5) is 5.82 Å². The molecule has 1 aliphatic heterocycles. The van der Waals surface area contributed by atoms with E-state index < -0.39 is 9.84 Å². The Morgan fingerprint density at radius 3 is 2.44 bits per heavy atom. The summed E-state index contributed by atoms with van der Waals surface area (Å²) in [7, 11) is -3.07. The van der Waals surface area contributed by atoms with Gasteiger partial charge in [0.05, 0.1) is 34.9 Å². The molecule has 1 aliphatic rings. The van der Waals surface area contributed by atoms with Gasteiger partial charge in [-0.25, -0.2) is 13.1 Å². The van der Waals surface area contributed by atoms with Crippen molar-refractivity contribution < 1.29 is 17.9 Å². The first-order chi connectivity index (χ1) is 15.3. The van der Waals surface area contributed by atoms with Crippen LogP contribution in [0.25, 0.3) is 11.1 Å². The molecule has 164 valence electrons. The Bertz CT molecular complexity index is 1270. The molecule has 1 aromatic heterocycles. The average Bonchev–Trinajstić information content (AvgIpc) is 3.33. The fourth-order valence-electron chi connectivity index (χ4n) is 3.67. The van der Waals surface area contributed by atoms with Crippen molar-refractivity contribution in [2.75, 3.05) is 23.4 Å². The number of amides is 1. The zero-order chi connectivity index (χ0) is 22.7. The molecule has 1 unspecified atom stereocenters. The molecular weight excluding hydrogens is 428 g/mol. The second-order valence-electron chi connectivity index (χ2n) is 7.72. The number of hydrogen-bond acceptors (Lipinski definition) is 6. The highest BCUT2D eigenvalue weighted by molar-refractivity contribution is 7.91. The minimum atomic E-state index is -3.07. The summed E-state index contributed by atoms with van der Waals surface area (Å²) in [5.41, 5.74) is 3.25. The molecule has 4 rings (SSSR count). The quantitative estimate of drug-likeness (QED) is 0.617. The van der Waals surface area contributed by atoms with Gasteiger partial charge >= 0.3 is 0 Å². The first-order valence-corrected chi connectivity index (χ1v) is 11.9. The summed E-state index contributed by atoms with van der Waals surface area (Å²) in [5, 5.41) is 16.0.